The highest BCUT2D eigenvalue weighted by Crippen LogP contribution is 2.16. The number of piperidine rings is 1. The van der Waals surface area contributed by atoms with Crippen molar-refractivity contribution in [3.63, 3.8) is 0 Å². The van der Waals surface area contributed by atoms with Crippen molar-refractivity contribution in [1.82, 2.24) is 9.97 Å². The number of aliphatic hydroxyl groups is 1. The summed E-state index contributed by atoms with van der Waals surface area (Å²) in [5.74, 6) is 0.919. The van der Waals surface area contributed by atoms with Crippen molar-refractivity contribution in [2.24, 2.45) is 0 Å². The molecule has 1 aliphatic rings. The number of aliphatic hydroxyl groups excluding tert-OH is 1. The van der Waals surface area contributed by atoms with Gasteiger partial charge >= 0.3 is 0 Å². The van der Waals surface area contributed by atoms with Crippen LogP contribution in [0.1, 0.15) is 18.5 Å². The topological polar surface area (TPSA) is 49.2 Å². The molecule has 0 aliphatic carbocycles. The van der Waals surface area contributed by atoms with E-state index in [9.17, 15) is 5.11 Å². The normalized spacial score (nSPS) is 18.6. The minimum atomic E-state index is -0.135. The number of aryl methyl sites for hydroxylation is 1. The molecule has 1 N–H and O–H groups in total. The fraction of sp³-hybridized carbons (Fsp3) is 0.600. The molecular formula is C10H15N3O. The van der Waals surface area contributed by atoms with Gasteiger partial charge in [-0.25, -0.2) is 4.98 Å². The maximum Gasteiger partial charge on any atom is 0.147 e. The van der Waals surface area contributed by atoms with Gasteiger partial charge in [0.2, 0.25) is 0 Å². The van der Waals surface area contributed by atoms with Crippen LogP contribution < -0.4 is 4.90 Å². The van der Waals surface area contributed by atoms with Crippen molar-refractivity contribution >= 4 is 5.82 Å². The molecule has 0 saturated carbocycles. The van der Waals surface area contributed by atoms with Crippen LogP contribution in [0.4, 0.5) is 5.82 Å². The predicted octanol–water partition coefficient (Wildman–Crippen LogP) is 0.746. The van der Waals surface area contributed by atoms with Crippen molar-refractivity contribution in [3.8, 4) is 0 Å². The zero-order chi connectivity index (χ0) is 9.97. The number of hydrogen-bond donors (Lipinski definition) is 1. The molecule has 4 heteroatoms. The molecule has 2 heterocycles. The van der Waals surface area contributed by atoms with Crippen molar-refractivity contribution in [2.45, 2.75) is 25.9 Å². The smallest absolute Gasteiger partial charge is 0.147 e. The van der Waals surface area contributed by atoms with Gasteiger partial charge in [-0.15, -0.1) is 0 Å². The number of rotatable bonds is 1. The highest BCUT2D eigenvalue weighted by Gasteiger charge is 2.17. The van der Waals surface area contributed by atoms with Gasteiger partial charge in [0.15, 0.2) is 0 Å². The molecule has 0 atom stereocenters. The first kappa shape index (κ1) is 9.40. The molecular weight excluding hydrogens is 178 g/mol. The van der Waals surface area contributed by atoms with Gasteiger partial charge in [-0.05, 0) is 19.8 Å². The summed E-state index contributed by atoms with van der Waals surface area (Å²) in [5.41, 5.74) is 0.936. The van der Waals surface area contributed by atoms with Crippen LogP contribution in [0.3, 0.4) is 0 Å². The molecule has 0 unspecified atom stereocenters. The van der Waals surface area contributed by atoms with Gasteiger partial charge in [0, 0.05) is 13.1 Å². The van der Waals surface area contributed by atoms with E-state index in [4.69, 9.17) is 0 Å². The summed E-state index contributed by atoms with van der Waals surface area (Å²) in [6.45, 7) is 3.68. The summed E-state index contributed by atoms with van der Waals surface area (Å²) < 4.78 is 0. The van der Waals surface area contributed by atoms with Crippen LogP contribution in [0, 0.1) is 6.92 Å². The summed E-state index contributed by atoms with van der Waals surface area (Å²) in [7, 11) is 0. The van der Waals surface area contributed by atoms with Crippen LogP contribution >= 0.6 is 0 Å². The molecule has 1 aliphatic heterocycles. The lowest BCUT2D eigenvalue weighted by Gasteiger charge is -2.30. The van der Waals surface area contributed by atoms with E-state index in [-0.39, 0.29) is 6.10 Å². The number of nitrogens with zero attached hydrogens (tertiary/aromatic N) is 3. The van der Waals surface area contributed by atoms with E-state index in [0.29, 0.717) is 0 Å². The minimum Gasteiger partial charge on any atom is -0.393 e. The molecule has 0 radical (unpaired) electrons. The van der Waals surface area contributed by atoms with Gasteiger partial charge in [0.1, 0.15) is 5.82 Å². The number of hydrogen-bond acceptors (Lipinski definition) is 4. The first-order chi connectivity index (χ1) is 6.75. The second kappa shape index (κ2) is 3.92. The van der Waals surface area contributed by atoms with E-state index < -0.39 is 0 Å². The summed E-state index contributed by atoms with van der Waals surface area (Å²) in [6.07, 6.45) is 5.10. The Kier molecular flexibility index (Phi) is 2.63. The van der Waals surface area contributed by atoms with Crippen LogP contribution in [0.5, 0.6) is 0 Å². The van der Waals surface area contributed by atoms with Crippen molar-refractivity contribution in [2.75, 3.05) is 18.0 Å². The first-order valence-electron chi connectivity index (χ1n) is 4.97. The molecule has 4 nitrogen and oxygen atoms in total. The van der Waals surface area contributed by atoms with Gasteiger partial charge in [0.05, 0.1) is 24.2 Å². The van der Waals surface area contributed by atoms with E-state index in [1.165, 1.54) is 0 Å². The summed E-state index contributed by atoms with van der Waals surface area (Å²) in [5, 5.41) is 9.36. The molecule has 1 aromatic rings. The highest BCUT2D eigenvalue weighted by molar-refractivity contribution is 5.36. The Morgan fingerprint density at radius 1 is 1.29 bits per heavy atom. The fourth-order valence-electron chi connectivity index (χ4n) is 1.64. The third-order valence-corrected chi connectivity index (χ3v) is 2.56. The van der Waals surface area contributed by atoms with E-state index in [1.54, 1.807) is 12.4 Å². The quantitative estimate of drug-likeness (QED) is 0.715. The second-order valence-electron chi connectivity index (χ2n) is 3.73. The van der Waals surface area contributed by atoms with E-state index in [0.717, 1.165) is 37.4 Å². The molecule has 2 rings (SSSR count). The lowest BCUT2D eigenvalue weighted by Crippen LogP contribution is -2.36. The van der Waals surface area contributed by atoms with Gasteiger partial charge in [-0.2, -0.15) is 0 Å². The summed E-state index contributed by atoms with van der Waals surface area (Å²) >= 11 is 0. The second-order valence-corrected chi connectivity index (χ2v) is 3.73. The molecule has 0 spiro atoms. The monoisotopic (exact) mass is 193 g/mol. The number of aromatic nitrogens is 2. The van der Waals surface area contributed by atoms with Crippen LogP contribution in [0.25, 0.3) is 0 Å². The summed E-state index contributed by atoms with van der Waals surface area (Å²) in [6, 6.07) is 0. The zero-order valence-corrected chi connectivity index (χ0v) is 8.35. The van der Waals surface area contributed by atoms with E-state index in [2.05, 4.69) is 14.9 Å². The molecule has 0 bridgehead atoms. The third-order valence-electron chi connectivity index (χ3n) is 2.56. The van der Waals surface area contributed by atoms with Gasteiger partial charge < -0.3 is 10.0 Å². The van der Waals surface area contributed by atoms with Crippen molar-refractivity contribution in [1.29, 1.82) is 0 Å². The van der Waals surface area contributed by atoms with Gasteiger partial charge in [-0.3, -0.25) is 4.98 Å². The average molecular weight is 193 g/mol. The fourth-order valence-corrected chi connectivity index (χ4v) is 1.64. The molecule has 14 heavy (non-hydrogen) atoms. The van der Waals surface area contributed by atoms with E-state index >= 15 is 0 Å². The average Bonchev–Trinajstić information content (AvgIpc) is 2.21. The van der Waals surface area contributed by atoms with Gasteiger partial charge in [-0.1, -0.05) is 0 Å². The van der Waals surface area contributed by atoms with Crippen LogP contribution in [-0.2, 0) is 0 Å². The van der Waals surface area contributed by atoms with Crippen molar-refractivity contribution in [3.05, 3.63) is 18.1 Å². The Morgan fingerprint density at radius 2 is 2.00 bits per heavy atom. The predicted molar refractivity (Wildman–Crippen MR) is 54.2 cm³/mol. The lowest BCUT2D eigenvalue weighted by atomic mass is 10.1. The molecule has 0 aromatic carbocycles. The minimum absolute atomic E-state index is 0.135. The Bertz CT molecular complexity index is 291. The molecule has 1 aromatic heterocycles. The lowest BCUT2D eigenvalue weighted by molar-refractivity contribution is 0.145. The maximum absolute atomic E-state index is 9.36. The maximum atomic E-state index is 9.36. The zero-order valence-electron chi connectivity index (χ0n) is 8.35. The Morgan fingerprint density at radius 3 is 2.57 bits per heavy atom. The van der Waals surface area contributed by atoms with Crippen LogP contribution in [-0.4, -0.2) is 34.3 Å². The van der Waals surface area contributed by atoms with Gasteiger partial charge in [0.25, 0.3) is 0 Å². The first-order valence-corrected chi connectivity index (χ1v) is 4.97. The molecule has 1 fully saturated rings. The van der Waals surface area contributed by atoms with Crippen LogP contribution in [0.15, 0.2) is 12.4 Å². The van der Waals surface area contributed by atoms with Crippen LogP contribution in [0.2, 0.25) is 0 Å². The number of anilines is 1. The summed E-state index contributed by atoms with van der Waals surface area (Å²) in [4.78, 5) is 10.7. The Labute approximate surface area is 83.6 Å². The highest BCUT2D eigenvalue weighted by atomic mass is 16.3. The molecule has 1 saturated heterocycles. The van der Waals surface area contributed by atoms with Crippen molar-refractivity contribution < 1.29 is 5.11 Å². The SMILES string of the molecule is Cc1cnc(N2CCC(O)CC2)cn1. The third kappa shape index (κ3) is 2.01. The molecule has 0 amide bonds. The van der Waals surface area contributed by atoms with E-state index in [1.807, 2.05) is 6.92 Å². The molecule has 76 valence electrons. The Hall–Kier alpha value is -1.16. The largest absolute Gasteiger partial charge is 0.393 e. The Balaban J connectivity index is 2.05. The standard InChI is InChI=1S/C10H15N3O/c1-8-6-12-10(7-11-8)13-4-2-9(14)3-5-13/h6-7,9,14H,2-5H2,1H3.